The summed E-state index contributed by atoms with van der Waals surface area (Å²) in [7, 11) is 0. The molecule has 5 heteroatoms. The average molecular weight is 260 g/mol. The van der Waals surface area contributed by atoms with Gasteiger partial charge in [-0.25, -0.2) is 4.98 Å². The van der Waals surface area contributed by atoms with Crippen molar-refractivity contribution in [3.8, 4) is 9.88 Å². The number of aromatic nitrogens is 1. The Balaban J connectivity index is 2.13. The van der Waals surface area contributed by atoms with Gasteiger partial charge in [0.1, 0.15) is 5.01 Å². The summed E-state index contributed by atoms with van der Waals surface area (Å²) in [5.41, 5.74) is 1.05. The third-order valence-electron chi connectivity index (χ3n) is 1.93. The van der Waals surface area contributed by atoms with E-state index in [0.29, 0.717) is 0 Å². The maximum Gasteiger partial charge on any atom is 0.133 e. The maximum atomic E-state index is 8.71. The van der Waals surface area contributed by atoms with Gasteiger partial charge in [-0.3, -0.25) is 0 Å². The fourth-order valence-electron chi connectivity index (χ4n) is 1.22. The van der Waals surface area contributed by atoms with Crippen molar-refractivity contribution in [1.29, 1.82) is 0 Å². The number of nitrogens with zero attached hydrogens (tertiary/aromatic N) is 1. The predicted octanol–water partition coefficient (Wildman–Crippen LogP) is 3.45. The molecule has 0 aliphatic carbocycles. The number of aliphatic hydroxyl groups excluding tert-OH is 1. The van der Waals surface area contributed by atoms with Gasteiger partial charge in [-0.15, -0.1) is 22.7 Å². The minimum Gasteiger partial charge on any atom is -0.396 e. The van der Waals surface area contributed by atoms with Gasteiger partial charge >= 0.3 is 0 Å². The lowest BCUT2D eigenvalue weighted by Crippen LogP contribution is -1.89. The Morgan fingerprint density at radius 2 is 2.27 bits per heavy atom. The molecule has 15 heavy (non-hydrogen) atoms. The molecule has 1 N–H and O–H groups in total. The largest absolute Gasteiger partial charge is 0.396 e. The number of aryl methyl sites for hydroxylation is 1. The van der Waals surface area contributed by atoms with E-state index in [0.717, 1.165) is 32.8 Å². The highest BCUT2D eigenvalue weighted by atomic mass is 35.5. The van der Waals surface area contributed by atoms with E-state index in [1.165, 1.54) is 0 Å². The molecule has 0 bridgehead atoms. The molecule has 2 aromatic rings. The van der Waals surface area contributed by atoms with Gasteiger partial charge in [0.2, 0.25) is 0 Å². The molecular formula is C10H10ClNOS2. The second-order valence-corrected chi connectivity index (χ2v) is 5.65. The van der Waals surface area contributed by atoms with Crippen LogP contribution >= 0.6 is 34.3 Å². The Morgan fingerprint density at radius 3 is 2.93 bits per heavy atom. The van der Waals surface area contributed by atoms with Gasteiger partial charge < -0.3 is 5.11 Å². The normalized spacial score (nSPS) is 10.8. The standard InChI is InChI=1S/C10H10ClNOS2/c11-9-4-3-8(15-9)10-12-7(6-14-10)2-1-5-13/h3-4,6,13H,1-2,5H2. The van der Waals surface area contributed by atoms with Gasteiger partial charge in [0, 0.05) is 12.0 Å². The van der Waals surface area contributed by atoms with Crippen LogP contribution in [-0.4, -0.2) is 16.7 Å². The van der Waals surface area contributed by atoms with Gasteiger partial charge in [-0.05, 0) is 25.0 Å². The number of thiophene rings is 1. The fourth-order valence-corrected chi connectivity index (χ4v) is 3.19. The van der Waals surface area contributed by atoms with Crippen LogP contribution in [0.25, 0.3) is 9.88 Å². The molecule has 2 nitrogen and oxygen atoms in total. The maximum absolute atomic E-state index is 8.71. The molecule has 0 unspecified atom stereocenters. The van der Waals surface area contributed by atoms with Gasteiger partial charge in [0.15, 0.2) is 0 Å². The summed E-state index contributed by atoms with van der Waals surface area (Å²) in [4.78, 5) is 5.60. The van der Waals surface area contributed by atoms with Crippen molar-refractivity contribution < 1.29 is 5.11 Å². The number of hydrogen-bond acceptors (Lipinski definition) is 4. The van der Waals surface area contributed by atoms with E-state index in [4.69, 9.17) is 16.7 Å². The van der Waals surface area contributed by atoms with Crippen molar-refractivity contribution >= 4 is 34.3 Å². The van der Waals surface area contributed by atoms with Crippen LogP contribution in [0.5, 0.6) is 0 Å². The zero-order valence-electron chi connectivity index (χ0n) is 7.94. The molecule has 80 valence electrons. The van der Waals surface area contributed by atoms with Crippen LogP contribution in [0.2, 0.25) is 4.34 Å². The van der Waals surface area contributed by atoms with Crippen molar-refractivity contribution in [2.45, 2.75) is 12.8 Å². The highest BCUT2D eigenvalue weighted by Crippen LogP contribution is 2.32. The summed E-state index contributed by atoms with van der Waals surface area (Å²) in [5, 5.41) is 11.8. The minimum atomic E-state index is 0.220. The first-order chi connectivity index (χ1) is 7.29. The lowest BCUT2D eigenvalue weighted by molar-refractivity contribution is 0.288. The summed E-state index contributed by atoms with van der Waals surface area (Å²) >= 11 is 9.03. The number of thiazole rings is 1. The molecule has 0 radical (unpaired) electrons. The Bertz CT molecular complexity index is 438. The van der Waals surface area contributed by atoms with Crippen LogP contribution in [0.3, 0.4) is 0 Å². The quantitative estimate of drug-likeness (QED) is 0.912. The zero-order chi connectivity index (χ0) is 10.7. The SMILES string of the molecule is OCCCc1csc(-c2ccc(Cl)s2)n1. The highest BCUT2D eigenvalue weighted by Gasteiger charge is 2.06. The van der Waals surface area contributed by atoms with Gasteiger partial charge in [0.05, 0.1) is 14.9 Å². The van der Waals surface area contributed by atoms with Crippen LogP contribution < -0.4 is 0 Å². The van der Waals surface area contributed by atoms with Crippen LogP contribution in [0, 0.1) is 0 Å². The second kappa shape index (κ2) is 5.07. The van der Waals surface area contributed by atoms with E-state index >= 15 is 0 Å². The average Bonchev–Trinajstić information content (AvgIpc) is 2.83. The molecule has 2 rings (SSSR count). The Morgan fingerprint density at radius 1 is 1.40 bits per heavy atom. The first kappa shape index (κ1) is 11.1. The van der Waals surface area contributed by atoms with Crippen LogP contribution in [0.4, 0.5) is 0 Å². The molecule has 0 spiro atoms. The number of aliphatic hydroxyl groups is 1. The number of rotatable bonds is 4. The van der Waals surface area contributed by atoms with E-state index < -0.39 is 0 Å². The topological polar surface area (TPSA) is 33.1 Å². The molecule has 0 aromatic carbocycles. The molecule has 0 amide bonds. The Labute approximate surface area is 101 Å². The molecule has 0 aliphatic rings. The lowest BCUT2D eigenvalue weighted by atomic mass is 10.3. The summed E-state index contributed by atoms with van der Waals surface area (Å²) in [6.07, 6.45) is 1.61. The van der Waals surface area contributed by atoms with Crippen molar-refractivity contribution in [3.05, 3.63) is 27.5 Å². The molecule has 0 fully saturated rings. The number of halogens is 1. The fraction of sp³-hybridized carbons (Fsp3) is 0.300. The van der Waals surface area contributed by atoms with E-state index in [2.05, 4.69) is 4.98 Å². The predicted molar refractivity (Wildman–Crippen MR) is 65.8 cm³/mol. The minimum absolute atomic E-state index is 0.220. The highest BCUT2D eigenvalue weighted by molar-refractivity contribution is 7.23. The molecule has 0 atom stereocenters. The zero-order valence-corrected chi connectivity index (χ0v) is 10.3. The molecule has 0 saturated carbocycles. The molecule has 0 saturated heterocycles. The van der Waals surface area contributed by atoms with E-state index in [1.807, 2.05) is 17.5 Å². The smallest absolute Gasteiger partial charge is 0.133 e. The van der Waals surface area contributed by atoms with E-state index in [1.54, 1.807) is 22.7 Å². The monoisotopic (exact) mass is 259 g/mol. The van der Waals surface area contributed by atoms with Gasteiger partial charge in [-0.1, -0.05) is 11.6 Å². The molecule has 0 aliphatic heterocycles. The van der Waals surface area contributed by atoms with Crippen LogP contribution in [0.1, 0.15) is 12.1 Å². The third-order valence-corrected chi connectivity index (χ3v) is 4.22. The summed E-state index contributed by atoms with van der Waals surface area (Å²) < 4.78 is 0.789. The van der Waals surface area contributed by atoms with Crippen molar-refractivity contribution in [1.82, 2.24) is 4.98 Å². The van der Waals surface area contributed by atoms with Crippen molar-refractivity contribution in [3.63, 3.8) is 0 Å². The Hall–Kier alpha value is -0.420. The first-order valence-electron chi connectivity index (χ1n) is 4.60. The Kier molecular flexibility index (Phi) is 3.75. The van der Waals surface area contributed by atoms with Crippen LogP contribution in [0.15, 0.2) is 17.5 Å². The van der Waals surface area contributed by atoms with Crippen molar-refractivity contribution in [2.75, 3.05) is 6.61 Å². The van der Waals surface area contributed by atoms with Gasteiger partial charge in [-0.2, -0.15) is 0 Å². The van der Waals surface area contributed by atoms with Crippen LogP contribution in [-0.2, 0) is 6.42 Å². The first-order valence-corrected chi connectivity index (χ1v) is 6.68. The molecule has 2 heterocycles. The number of hydrogen-bond donors (Lipinski definition) is 1. The van der Waals surface area contributed by atoms with E-state index in [9.17, 15) is 0 Å². The molecular weight excluding hydrogens is 250 g/mol. The summed E-state index contributed by atoms with van der Waals surface area (Å²) in [6, 6.07) is 3.87. The summed E-state index contributed by atoms with van der Waals surface area (Å²) in [5.74, 6) is 0. The lowest BCUT2D eigenvalue weighted by Gasteiger charge is -1.91. The summed E-state index contributed by atoms with van der Waals surface area (Å²) in [6.45, 7) is 0.220. The van der Waals surface area contributed by atoms with Gasteiger partial charge in [0.25, 0.3) is 0 Å². The molecule has 2 aromatic heterocycles. The van der Waals surface area contributed by atoms with E-state index in [-0.39, 0.29) is 6.61 Å². The third kappa shape index (κ3) is 2.78. The second-order valence-electron chi connectivity index (χ2n) is 3.07. The van der Waals surface area contributed by atoms with Crippen molar-refractivity contribution in [2.24, 2.45) is 0 Å².